The van der Waals surface area contributed by atoms with Crippen LogP contribution in [0.5, 0.6) is 0 Å². The SMILES string of the molecule is CCCC(NC1CCc2cc(F)ccc21)c1cccs1. The summed E-state index contributed by atoms with van der Waals surface area (Å²) in [6.07, 6.45) is 4.37. The van der Waals surface area contributed by atoms with E-state index in [4.69, 9.17) is 0 Å². The van der Waals surface area contributed by atoms with Crippen LogP contribution in [0.25, 0.3) is 0 Å². The van der Waals surface area contributed by atoms with E-state index in [1.54, 1.807) is 12.1 Å². The van der Waals surface area contributed by atoms with Crippen molar-refractivity contribution in [1.29, 1.82) is 0 Å². The molecule has 1 nitrogen and oxygen atoms in total. The Hall–Kier alpha value is -1.19. The van der Waals surface area contributed by atoms with Gasteiger partial charge < -0.3 is 5.32 Å². The molecule has 1 aromatic heterocycles. The van der Waals surface area contributed by atoms with Gasteiger partial charge >= 0.3 is 0 Å². The fraction of sp³-hybridized carbons (Fsp3) is 0.412. The second-order valence-corrected chi connectivity index (χ2v) is 6.44. The highest BCUT2D eigenvalue weighted by atomic mass is 32.1. The molecule has 106 valence electrons. The number of aryl methyl sites for hydroxylation is 1. The molecule has 1 N–H and O–H groups in total. The van der Waals surface area contributed by atoms with E-state index in [1.807, 2.05) is 17.4 Å². The fourth-order valence-corrected chi connectivity index (χ4v) is 3.91. The zero-order valence-corrected chi connectivity index (χ0v) is 12.5. The van der Waals surface area contributed by atoms with Gasteiger partial charge in [-0.2, -0.15) is 0 Å². The van der Waals surface area contributed by atoms with Crippen molar-refractivity contribution in [3.63, 3.8) is 0 Å². The van der Waals surface area contributed by atoms with E-state index in [0.717, 1.165) is 19.3 Å². The van der Waals surface area contributed by atoms with Crippen molar-refractivity contribution < 1.29 is 4.39 Å². The number of benzene rings is 1. The van der Waals surface area contributed by atoms with Crippen LogP contribution in [-0.4, -0.2) is 0 Å². The Morgan fingerprint density at radius 1 is 1.40 bits per heavy atom. The third-order valence-corrected chi connectivity index (χ3v) is 5.04. The first-order valence-corrected chi connectivity index (χ1v) is 8.23. The molecular weight excluding hydrogens is 269 g/mol. The van der Waals surface area contributed by atoms with Crippen LogP contribution in [0.2, 0.25) is 0 Å². The predicted molar refractivity (Wildman–Crippen MR) is 82.6 cm³/mol. The summed E-state index contributed by atoms with van der Waals surface area (Å²) >= 11 is 1.82. The molecule has 0 radical (unpaired) electrons. The number of hydrogen-bond donors (Lipinski definition) is 1. The van der Waals surface area contributed by atoms with Gasteiger partial charge in [-0.3, -0.25) is 0 Å². The van der Waals surface area contributed by atoms with Gasteiger partial charge in [0.05, 0.1) is 0 Å². The van der Waals surface area contributed by atoms with E-state index >= 15 is 0 Å². The maximum atomic E-state index is 13.3. The number of rotatable bonds is 5. The Kier molecular flexibility index (Phi) is 4.18. The fourth-order valence-electron chi connectivity index (χ4n) is 3.09. The first-order valence-electron chi connectivity index (χ1n) is 7.35. The number of hydrogen-bond acceptors (Lipinski definition) is 2. The zero-order chi connectivity index (χ0) is 13.9. The van der Waals surface area contributed by atoms with Gasteiger partial charge in [-0.25, -0.2) is 4.39 Å². The molecule has 3 rings (SSSR count). The van der Waals surface area contributed by atoms with Gasteiger partial charge in [0.25, 0.3) is 0 Å². The molecule has 2 unspecified atom stereocenters. The lowest BCUT2D eigenvalue weighted by Gasteiger charge is -2.22. The van der Waals surface area contributed by atoms with Crippen LogP contribution in [0.4, 0.5) is 4.39 Å². The highest BCUT2D eigenvalue weighted by Crippen LogP contribution is 2.35. The van der Waals surface area contributed by atoms with Gasteiger partial charge in [-0.1, -0.05) is 25.5 Å². The molecule has 2 atom stereocenters. The maximum absolute atomic E-state index is 13.3. The molecule has 0 saturated heterocycles. The summed E-state index contributed by atoms with van der Waals surface area (Å²) in [5.74, 6) is -0.118. The van der Waals surface area contributed by atoms with Gasteiger partial charge in [0.15, 0.2) is 0 Å². The second-order valence-electron chi connectivity index (χ2n) is 5.46. The Balaban J connectivity index is 1.78. The van der Waals surface area contributed by atoms with Crippen LogP contribution in [0.1, 0.15) is 54.3 Å². The van der Waals surface area contributed by atoms with Gasteiger partial charge in [-0.15, -0.1) is 11.3 Å². The monoisotopic (exact) mass is 289 g/mol. The van der Waals surface area contributed by atoms with Crippen molar-refractivity contribution in [2.75, 3.05) is 0 Å². The molecule has 0 bridgehead atoms. The summed E-state index contributed by atoms with van der Waals surface area (Å²) in [6.45, 7) is 2.22. The van der Waals surface area contributed by atoms with E-state index in [9.17, 15) is 4.39 Å². The molecule has 0 fully saturated rings. The van der Waals surface area contributed by atoms with Crippen molar-refractivity contribution >= 4 is 11.3 Å². The normalized spacial score (nSPS) is 19.0. The molecule has 0 saturated carbocycles. The van der Waals surface area contributed by atoms with Crippen LogP contribution in [0.3, 0.4) is 0 Å². The Labute approximate surface area is 123 Å². The van der Waals surface area contributed by atoms with Crippen LogP contribution < -0.4 is 5.32 Å². The van der Waals surface area contributed by atoms with E-state index in [-0.39, 0.29) is 5.82 Å². The van der Waals surface area contributed by atoms with Crippen LogP contribution >= 0.6 is 11.3 Å². The number of thiophene rings is 1. The van der Waals surface area contributed by atoms with Crippen molar-refractivity contribution in [2.24, 2.45) is 0 Å². The molecule has 3 heteroatoms. The van der Waals surface area contributed by atoms with Crippen molar-refractivity contribution in [3.8, 4) is 0 Å². The first kappa shape index (κ1) is 13.8. The summed E-state index contributed by atoms with van der Waals surface area (Å²) in [5, 5.41) is 5.92. The van der Waals surface area contributed by atoms with Crippen molar-refractivity contribution in [1.82, 2.24) is 5.32 Å². The highest BCUT2D eigenvalue weighted by molar-refractivity contribution is 7.10. The van der Waals surface area contributed by atoms with Gasteiger partial charge in [0.2, 0.25) is 0 Å². The summed E-state index contributed by atoms with van der Waals surface area (Å²) in [6, 6.07) is 10.3. The average molecular weight is 289 g/mol. The van der Waals surface area contributed by atoms with Crippen LogP contribution in [0.15, 0.2) is 35.7 Å². The summed E-state index contributed by atoms with van der Waals surface area (Å²) in [7, 11) is 0. The highest BCUT2D eigenvalue weighted by Gasteiger charge is 2.25. The minimum Gasteiger partial charge on any atom is -0.302 e. The number of halogens is 1. The van der Waals surface area contributed by atoms with Crippen molar-refractivity contribution in [3.05, 3.63) is 57.5 Å². The van der Waals surface area contributed by atoms with E-state index < -0.39 is 0 Å². The van der Waals surface area contributed by atoms with E-state index in [0.29, 0.717) is 12.1 Å². The van der Waals surface area contributed by atoms with Crippen molar-refractivity contribution in [2.45, 2.75) is 44.7 Å². The Morgan fingerprint density at radius 3 is 3.05 bits per heavy atom. The molecule has 1 aromatic carbocycles. The molecular formula is C17H20FNS. The third-order valence-electron chi connectivity index (χ3n) is 4.05. The lowest BCUT2D eigenvalue weighted by molar-refractivity contribution is 0.423. The molecule has 2 aromatic rings. The quantitative estimate of drug-likeness (QED) is 0.816. The van der Waals surface area contributed by atoms with Gasteiger partial charge in [0, 0.05) is 17.0 Å². The number of nitrogens with one attached hydrogen (secondary N) is 1. The summed E-state index contributed by atoms with van der Waals surface area (Å²) < 4.78 is 13.3. The lowest BCUT2D eigenvalue weighted by atomic mass is 10.0. The van der Waals surface area contributed by atoms with E-state index in [1.165, 1.54) is 22.4 Å². The Morgan fingerprint density at radius 2 is 2.30 bits per heavy atom. The third kappa shape index (κ3) is 2.79. The summed E-state index contributed by atoms with van der Waals surface area (Å²) in [5.41, 5.74) is 2.45. The molecule has 1 aliphatic carbocycles. The molecule has 0 aliphatic heterocycles. The molecule has 0 spiro atoms. The molecule has 0 amide bonds. The smallest absolute Gasteiger partial charge is 0.123 e. The Bertz CT molecular complexity index is 564. The number of fused-ring (bicyclic) bond motifs is 1. The molecule has 20 heavy (non-hydrogen) atoms. The van der Waals surface area contributed by atoms with Crippen LogP contribution in [-0.2, 0) is 6.42 Å². The topological polar surface area (TPSA) is 12.0 Å². The summed E-state index contributed by atoms with van der Waals surface area (Å²) in [4.78, 5) is 1.41. The van der Waals surface area contributed by atoms with Gasteiger partial charge in [-0.05, 0) is 54.0 Å². The molecule has 1 heterocycles. The maximum Gasteiger partial charge on any atom is 0.123 e. The average Bonchev–Trinajstić information content (AvgIpc) is 3.07. The standard InChI is InChI=1S/C17H20FNS/c1-2-4-16(17-5-3-10-20-17)19-15-9-6-12-11-13(18)7-8-14(12)15/h3,5,7-8,10-11,15-16,19H,2,4,6,9H2,1H3. The van der Waals surface area contributed by atoms with Gasteiger partial charge in [0.1, 0.15) is 5.82 Å². The zero-order valence-electron chi connectivity index (χ0n) is 11.7. The second kappa shape index (κ2) is 6.06. The minimum absolute atomic E-state index is 0.118. The first-order chi connectivity index (χ1) is 9.78. The molecule has 1 aliphatic rings. The van der Waals surface area contributed by atoms with E-state index in [2.05, 4.69) is 29.8 Å². The largest absolute Gasteiger partial charge is 0.302 e. The minimum atomic E-state index is -0.118. The predicted octanol–water partition coefficient (Wildman–Crippen LogP) is 5.01. The van der Waals surface area contributed by atoms with Crippen LogP contribution in [0, 0.1) is 5.82 Å². The lowest BCUT2D eigenvalue weighted by Crippen LogP contribution is -2.24.